The topological polar surface area (TPSA) is 33.0 Å². The first-order valence-corrected chi connectivity index (χ1v) is 6.47. The molecule has 2 rings (SSSR count). The van der Waals surface area contributed by atoms with Crippen LogP contribution in [0, 0.1) is 17.2 Å². The highest BCUT2D eigenvalue weighted by molar-refractivity contribution is 8.00. The maximum Gasteiger partial charge on any atom is 0.0667 e. The SMILES string of the molecule is N#CC1CCCC1SC1CCOCC1. The van der Waals surface area contributed by atoms with Gasteiger partial charge in [-0.3, -0.25) is 0 Å². The Morgan fingerprint density at radius 3 is 2.64 bits per heavy atom. The van der Waals surface area contributed by atoms with Gasteiger partial charge in [0, 0.05) is 23.7 Å². The summed E-state index contributed by atoms with van der Waals surface area (Å²) in [5.41, 5.74) is 0. The van der Waals surface area contributed by atoms with Crippen LogP contribution in [0.15, 0.2) is 0 Å². The molecule has 0 aromatic heterocycles. The van der Waals surface area contributed by atoms with Crippen molar-refractivity contribution in [2.24, 2.45) is 5.92 Å². The number of ether oxygens (including phenoxy) is 1. The molecule has 2 unspecified atom stereocenters. The molecule has 2 atom stereocenters. The Bertz CT molecular complexity index is 220. The molecule has 1 saturated heterocycles. The van der Waals surface area contributed by atoms with Crippen LogP contribution in [0.1, 0.15) is 32.1 Å². The van der Waals surface area contributed by atoms with Crippen molar-refractivity contribution < 1.29 is 4.74 Å². The van der Waals surface area contributed by atoms with Crippen molar-refractivity contribution >= 4 is 11.8 Å². The van der Waals surface area contributed by atoms with Gasteiger partial charge in [-0.05, 0) is 25.7 Å². The summed E-state index contributed by atoms with van der Waals surface area (Å²) in [5.74, 6) is 0.322. The molecule has 0 amide bonds. The molecule has 2 nitrogen and oxygen atoms in total. The largest absolute Gasteiger partial charge is 0.381 e. The van der Waals surface area contributed by atoms with Crippen molar-refractivity contribution in [3.05, 3.63) is 0 Å². The zero-order valence-electron chi connectivity index (χ0n) is 8.45. The van der Waals surface area contributed by atoms with Crippen LogP contribution in [0.2, 0.25) is 0 Å². The second-order valence-corrected chi connectivity index (χ2v) is 5.70. The van der Waals surface area contributed by atoms with Crippen molar-refractivity contribution in [1.82, 2.24) is 0 Å². The summed E-state index contributed by atoms with van der Waals surface area (Å²) in [4.78, 5) is 0. The van der Waals surface area contributed by atoms with Gasteiger partial charge in [0.05, 0.1) is 12.0 Å². The highest BCUT2D eigenvalue weighted by Crippen LogP contribution is 2.39. The zero-order chi connectivity index (χ0) is 9.80. The van der Waals surface area contributed by atoms with E-state index in [1.165, 1.54) is 25.7 Å². The Hall–Kier alpha value is -0.200. The number of thioether (sulfide) groups is 1. The lowest BCUT2D eigenvalue weighted by molar-refractivity contribution is 0.0999. The quantitative estimate of drug-likeness (QED) is 0.704. The van der Waals surface area contributed by atoms with Crippen LogP contribution >= 0.6 is 11.8 Å². The minimum Gasteiger partial charge on any atom is -0.381 e. The van der Waals surface area contributed by atoms with Gasteiger partial charge in [0.25, 0.3) is 0 Å². The molecule has 0 aromatic rings. The minimum absolute atomic E-state index is 0.322. The van der Waals surface area contributed by atoms with E-state index >= 15 is 0 Å². The van der Waals surface area contributed by atoms with Crippen molar-refractivity contribution in [3.8, 4) is 6.07 Å². The van der Waals surface area contributed by atoms with Crippen molar-refractivity contribution in [1.29, 1.82) is 5.26 Å². The molecule has 1 aliphatic carbocycles. The fraction of sp³-hybridized carbons (Fsp3) is 0.909. The van der Waals surface area contributed by atoms with Gasteiger partial charge in [-0.2, -0.15) is 17.0 Å². The summed E-state index contributed by atoms with van der Waals surface area (Å²) < 4.78 is 5.34. The van der Waals surface area contributed by atoms with Gasteiger partial charge >= 0.3 is 0 Å². The Labute approximate surface area is 90.0 Å². The smallest absolute Gasteiger partial charge is 0.0667 e. The maximum absolute atomic E-state index is 8.98. The lowest BCUT2D eigenvalue weighted by atomic mass is 10.1. The number of rotatable bonds is 2. The van der Waals surface area contributed by atoms with Crippen LogP contribution in [0.25, 0.3) is 0 Å². The monoisotopic (exact) mass is 211 g/mol. The lowest BCUT2D eigenvalue weighted by Gasteiger charge is -2.25. The molecule has 0 spiro atoms. The third kappa shape index (κ3) is 2.43. The third-order valence-corrected chi connectivity index (χ3v) is 4.92. The zero-order valence-corrected chi connectivity index (χ0v) is 9.26. The fourth-order valence-electron chi connectivity index (χ4n) is 2.30. The van der Waals surface area contributed by atoms with E-state index in [1.807, 2.05) is 0 Å². The highest BCUT2D eigenvalue weighted by Gasteiger charge is 2.30. The lowest BCUT2D eigenvalue weighted by Crippen LogP contribution is -2.21. The minimum atomic E-state index is 0.322. The Balaban J connectivity index is 1.81. The van der Waals surface area contributed by atoms with Crippen molar-refractivity contribution in [2.45, 2.75) is 42.6 Å². The first-order chi connectivity index (χ1) is 6.90. The predicted molar refractivity (Wildman–Crippen MR) is 58.2 cm³/mol. The maximum atomic E-state index is 8.98. The summed E-state index contributed by atoms with van der Waals surface area (Å²) in [6.07, 6.45) is 5.98. The summed E-state index contributed by atoms with van der Waals surface area (Å²) in [7, 11) is 0. The fourth-order valence-corrected chi connectivity index (χ4v) is 3.94. The Morgan fingerprint density at radius 1 is 1.14 bits per heavy atom. The molecular weight excluding hydrogens is 194 g/mol. The number of nitriles is 1. The standard InChI is InChI=1S/C11H17NOS/c12-8-9-2-1-3-11(9)14-10-4-6-13-7-5-10/h9-11H,1-7H2. The van der Waals surface area contributed by atoms with E-state index in [4.69, 9.17) is 10.00 Å². The van der Waals surface area contributed by atoms with Gasteiger partial charge in [0.2, 0.25) is 0 Å². The van der Waals surface area contributed by atoms with Crippen LogP contribution < -0.4 is 0 Å². The summed E-state index contributed by atoms with van der Waals surface area (Å²) in [6, 6.07) is 2.45. The van der Waals surface area contributed by atoms with Crippen LogP contribution in [0.3, 0.4) is 0 Å². The van der Waals surface area contributed by atoms with Crippen LogP contribution in [-0.4, -0.2) is 23.7 Å². The molecule has 0 N–H and O–H groups in total. The Morgan fingerprint density at radius 2 is 1.93 bits per heavy atom. The van der Waals surface area contributed by atoms with E-state index in [-0.39, 0.29) is 0 Å². The molecule has 1 aliphatic heterocycles. The van der Waals surface area contributed by atoms with E-state index in [1.54, 1.807) is 0 Å². The van der Waals surface area contributed by atoms with E-state index in [0.717, 1.165) is 24.9 Å². The van der Waals surface area contributed by atoms with Crippen LogP contribution in [0.4, 0.5) is 0 Å². The van der Waals surface area contributed by atoms with Crippen LogP contribution in [-0.2, 0) is 4.74 Å². The molecule has 2 aliphatic rings. The highest BCUT2D eigenvalue weighted by atomic mass is 32.2. The number of nitrogens with zero attached hydrogens (tertiary/aromatic N) is 1. The van der Waals surface area contributed by atoms with Crippen molar-refractivity contribution in [2.75, 3.05) is 13.2 Å². The molecule has 3 heteroatoms. The molecule has 14 heavy (non-hydrogen) atoms. The molecule has 78 valence electrons. The second kappa shape index (κ2) is 5.04. The van der Waals surface area contributed by atoms with Gasteiger partial charge < -0.3 is 4.74 Å². The van der Waals surface area contributed by atoms with E-state index in [9.17, 15) is 0 Å². The average molecular weight is 211 g/mol. The number of hydrogen-bond acceptors (Lipinski definition) is 3. The molecule has 1 saturated carbocycles. The summed E-state index contributed by atoms with van der Waals surface area (Å²) in [6.45, 7) is 1.84. The van der Waals surface area contributed by atoms with E-state index < -0.39 is 0 Å². The van der Waals surface area contributed by atoms with Gasteiger partial charge in [-0.25, -0.2) is 0 Å². The number of hydrogen-bond donors (Lipinski definition) is 0. The van der Waals surface area contributed by atoms with Crippen molar-refractivity contribution in [3.63, 3.8) is 0 Å². The summed E-state index contributed by atoms with van der Waals surface area (Å²) >= 11 is 2.06. The molecule has 2 fully saturated rings. The third-order valence-electron chi connectivity index (χ3n) is 3.15. The predicted octanol–water partition coefficient (Wildman–Crippen LogP) is 2.59. The van der Waals surface area contributed by atoms with Gasteiger partial charge in [-0.15, -0.1) is 0 Å². The molecule has 1 heterocycles. The molecule has 0 bridgehead atoms. The first kappa shape index (κ1) is 10.3. The first-order valence-electron chi connectivity index (χ1n) is 5.53. The van der Waals surface area contributed by atoms with E-state index in [0.29, 0.717) is 11.2 Å². The molecular formula is C11H17NOS. The normalized spacial score (nSPS) is 34.2. The average Bonchev–Trinajstić information content (AvgIpc) is 2.67. The molecule has 0 aromatic carbocycles. The summed E-state index contributed by atoms with van der Waals surface area (Å²) in [5, 5.41) is 10.3. The second-order valence-electron chi connectivity index (χ2n) is 4.15. The van der Waals surface area contributed by atoms with Gasteiger partial charge in [-0.1, -0.05) is 6.42 Å². The van der Waals surface area contributed by atoms with E-state index in [2.05, 4.69) is 17.8 Å². The molecule has 0 radical (unpaired) electrons. The van der Waals surface area contributed by atoms with Gasteiger partial charge in [0.1, 0.15) is 0 Å². The Kier molecular flexibility index (Phi) is 3.72. The van der Waals surface area contributed by atoms with Gasteiger partial charge in [0.15, 0.2) is 0 Å². The van der Waals surface area contributed by atoms with Crippen LogP contribution in [0.5, 0.6) is 0 Å².